The first-order chi connectivity index (χ1) is 17.3. The molecule has 0 bridgehead atoms. The molecule has 2 heterocycles. The van der Waals surface area contributed by atoms with Crippen LogP contribution in [0.4, 0.5) is 11.4 Å². The molecule has 0 spiro atoms. The number of aliphatic hydroxyl groups excluding tert-OH is 2. The minimum Gasteiger partial charge on any atom is -0.392 e. The van der Waals surface area contributed by atoms with Crippen LogP contribution >= 0.6 is 11.6 Å². The van der Waals surface area contributed by atoms with Crippen molar-refractivity contribution in [3.05, 3.63) is 94.3 Å². The van der Waals surface area contributed by atoms with Gasteiger partial charge in [0.15, 0.2) is 5.82 Å². The van der Waals surface area contributed by atoms with Crippen molar-refractivity contribution in [3.63, 3.8) is 0 Å². The van der Waals surface area contributed by atoms with Gasteiger partial charge in [-0.1, -0.05) is 41.9 Å². The molecule has 0 saturated heterocycles. The molecule has 0 radical (unpaired) electrons. The molecule has 0 unspecified atom stereocenters. The van der Waals surface area contributed by atoms with Crippen molar-refractivity contribution >= 4 is 34.8 Å². The lowest BCUT2D eigenvalue weighted by atomic mass is 9.98. The van der Waals surface area contributed by atoms with Crippen LogP contribution in [0.25, 0.3) is 11.1 Å². The van der Waals surface area contributed by atoms with Gasteiger partial charge >= 0.3 is 0 Å². The number of nitrogens with one attached hydrogen (secondary N) is 2. The molecule has 2 aromatic carbocycles. The molecule has 0 aliphatic rings. The molecule has 4 N–H and O–H groups in total. The predicted octanol–water partition coefficient (Wildman–Crippen LogP) is 3.93. The Kier molecular flexibility index (Phi) is 7.44. The van der Waals surface area contributed by atoms with E-state index in [0.717, 1.165) is 11.1 Å². The summed E-state index contributed by atoms with van der Waals surface area (Å²) in [5, 5.41) is 24.4. The zero-order valence-electron chi connectivity index (χ0n) is 19.6. The number of hydrogen-bond acceptors (Lipinski definition) is 6. The summed E-state index contributed by atoms with van der Waals surface area (Å²) >= 11 is 6.70. The van der Waals surface area contributed by atoms with Crippen LogP contribution in [0.3, 0.4) is 0 Å². The Morgan fingerprint density at radius 3 is 2.28 bits per heavy atom. The molecule has 10 heteroatoms. The number of hydrogen-bond donors (Lipinski definition) is 4. The molecular weight excluding hydrogens is 482 g/mol. The van der Waals surface area contributed by atoms with Crippen molar-refractivity contribution in [2.24, 2.45) is 7.05 Å². The van der Waals surface area contributed by atoms with Crippen molar-refractivity contribution in [1.29, 1.82) is 0 Å². The lowest BCUT2D eigenvalue weighted by molar-refractivity contribution is 0.100. The van der Waals surface area contributed by atoms with E-state index >= 15 is 0 Å². The number of amides is 2. The highest BCUT2D eigenvalue weighted by atomic mass is 35.5. The molecule has 4 aromatic rings. The van der Waals surface area contributed by atoms with E-state index in [1.807, 2.05) is 19.1 Å². The van der Waals surface area contributed by atoms with Gasteiger partial charge in [0.05, 0.1) is 29.6 Å². The first-order valence-electron chi connectivity index (χ1n) is 11.0. The Balaban J connectivity index is 1.60. The topological polar surface area (TPSA) is 129 Å². The fourth-order valence-electron chi connectivity index (χ4n) is 3.73. The highest BCUT2D eigenvalue weighted by Crippen LogP contribution is 2.37. The number of aromatic nitrogens is 3. The zero-order chi connectivity index (χ0) is 25.8. The Hall–Kier alpha value is -4.05. The van der Waals surface area contributed by atoms with Gasteiger partial charge in [0.25, 0.3) is 11.8 Å². The number of benzene rings is 2. The smallest absolute Gasteiger partial charge is 0.291 e. The van der Waals surface area contributed by atoms with E-state index in [4.69, 9.17) is 16.7 Å². The summed E-state index contributed by atoms with van der Waals surface area (Å²) in [7, 11) is 1.68. The second-order valence-electron chi connectivity index (χ2n) is 8.09. The maximum absolute atomic E-state index is 12.8. The average Bonchev–Trinajstić information content (AvgIpc) is 3.27. The normalized spacial score (nSPS) is 10.8. The number of aryl methyl sites for hydroxylation is 1. The predicted molar refractivity (Wildman–Crippen MR) is 137 cm³/mol. The molecule has 0 aliphatic carbocycles. The lowest BCUT2D eigenvalue weighted by Gasteiger charge is -2.16. The molecule has 0 atom stereocenters. The van der Waals surface area contributed by atoms with Crippen LogP contribution in [0.15, 0.2) is 60.9 Å². The first-order valence-corrected chi connectivity index (χ1v) is 11.4. The monoisotopic (exact) mass is 505 g/mol. The van der Waals surface area contributed by atoms with E-state index in [1.54, 1.807) is 48.1 Å². The third-order valence-corrected chi connectivity index (χ3v) is 6.06. The molecular formula is C26H24ClN5O4. The Bertz CT molecular complexity index is 1430. The number of rotatable bonds is 7. The number of imidazole rings is 1. The van der Waals surface area contributed by atoms with Crippen molar-refractivity contribution in [1.82, 2.24) is 14.5 Å². The molecule has 9 nitrogen and oxygen atoms in total. The molecule has 0 saturated carbocycles. The Morgan fingerprint density at radius 1 is 0.944 bits per heavy atom. The number of nitrogens with zero attached hydrogens (tertiary/aromatic N) is 3. The molecule has 2 amide bonds. The van der Waals surface area contributed by atoms with Gasteiger partial charge in [-0.25, -0.2) is 4.98 Å². The minimum atomic E-state index is -0.436. The first kappa shape index (κ1) is 25.1. The molecule has 4 rings (SSSR count). The van der Waals surface area contributed by atoms with Gasteiger partial charge in [0.2, 0.25) is 0 Å². The Morgan fingerprint density at radius 2 is 1.64 bits per heavy atom. The SMILES string of the molecule is Cc1c(NC(=O)c2nc(CO)cn2C)cccc1-c1cccc(NC(=O)c2ccc(CO)cn2)c1Cl. The van der Waals surface area contributed by atoms with Crippen molar-refractivity contribution in [2.45, 2.75) is 20.1 Å². The standard InChI is InChI=1S/C26H24ClN5O4/c1-15-18(5-3-7-20(15)30-26(36)24-29-17(14-34)12-32(24)2)19-6-4-8-21(23(19)27)31-25(35)22-10-9-16(13-33)11-28-22/h3-12,33-34H,13-14H2,1-2H3,(H,30,36)(H,31,35). The highest BCUT2D eigenvalue weighted by molar-refractivity contribution is 6.36. The summed E-state index contributed by atoms with van der Waals surface area (Å²) in [6.45, 7) is 1.44. The maximum Gasteiger partial charge on any atom is 0.291 e. The van der Waals surface area contributed by atoms with Crippen LogP contribution in [-0.4, -0.2) is 36.6 Å². The second kappa shape index (κ2) is 10.7. The number of carbonyl (C=O) groups excluding carboxylic acids is 2. The van der Waals surface area contributed by atoms with Crippen molar-refractivity contribution in [2.75, 3.05) is 10.6 Å². The summed E-state index contributed by atoms with van der Waals surface area (Å²) in [6.07, 6.45) is 3.03. The van der Waals surface area contributed by atoms with Crippen LogP contribution < -0.4 is 10.6 Å². The summed E-state index contributed by atoms with van der Waals surface area (Å²) in [5.74, 6) is -0.676. The average molecular weight is 506 g/mol. The second-order valence-corrected chi connectivity index (χ2v) is 8.47. The molecule has 36 heavy (non-hydrogen) atoms. The van der Waals surface area contributed by atoms with Crippen LogP contribution in [0.1, 0.15) is 37.9 Å². The highest BCUT2D eigenvalue weighted by Gasteiger charge is 2.18. The van der Waals surface area contributed by atoms with Crippen LogP contribution in [-0.2, 0) is 20.3 Å². The summed E-state index contributed by atoms with van der Waals surface area (Å²) in [5.41, 5.74) is 4.39. The van der Waals surface area contributed by atoms with Gasteiger partial charge in [-0.05, 0) is 41.8 Å². The van der Waals surface area contributed by atoms with E-state index in [-0.39, 0.29) is 24.7 Å². The molecule has 0 fully saturated rings. The number of pyridine rings is 1. The minimum absolute atomic E-state index is 0.160. The van der Waals surface area contributed by atoms with Crippen LogP contribution in [0, 0.1) is 6.92 Å². The van der Waals surface area contributed by atoms with E-state index in [2.05, 4.69) is 20.6 Å². The zero-order valence-corrected chi connectivity index (χ0v) is 20.4. The summed E-state index contributed by atoms with van der Waals surface area (Å²) in [6, 6.07) is 13.9. The van der Waals surface area contributed by atoms with Crippen LogP contribution in [0.2, 0.25) is 5.02 Å². The third-order valence-electron chi connectivity index (χ3n) is 5.65. The van der Waals surface area contributed by atoms with Gasteiger partial charge in [-0.15, -0.1) is 0 Å². The van der Waals surface area contributed by atoms with Gasteiger partial charge in [-0.2, -0.15) is 0 Å². The van der Waals surface area contributed by atoms with Gasteiger partial charge in [-0.3, -0.25) is 14.6 Å². The van der Waals surface area contributed by atoms with Gasteiger partial charge < -0.3 is 25.4 Å². The number of aliphatic hydroxyl groups is 2. The van der Waals surface area contributed by atoms with E-state index in [0.29, 0.717) is 33.2 Å². The third kappa shape index (κ3) is 5.13. The fraction of sp³-hybridized carbons (Fsp3) is 0.154. The molecule has 2 aromatic heterocycles. The number of anilines is 2. The Labute approximate surface area is 212 Å². The number of carbonyl (C=O) groups is 2. The van der Waals surface area contributed by atoms with Crippen LogP contribution in [0.5, 0.6) is 0 Å². The van der Waals surface area contributed by atoms with E-state index in [1.165, 1.54) is 12.3 Å². The number of halogens is 1. The summed E-state index contributed by atoms with van der Waals surface area (Å²) < 4.78 is 1.55. The van der Waals surface area contributed by atoms with Crippen molar-refractivity contribution in [3.8, 4) is 11.1 Å². The fourth-order valence-corrected chi connectivity index (χ4v) is 4.01. The van der Waals surface area contributed by atoms with Crippen molar-refractivity contribution < 1.29 is 19.8 Å². The maximum atomic E-state index is 12.8. The van der Waals surface area contributed by atoms with Gasteiger partial charge in [0.1, 0.15) is 5.69 Å². The summed E-state index contributed by atoms with van der Waals surface area (Å²) in [4.78, 5) is 33.7. The lowest BCUT2D eigenvalue weighted by Crippen LogP contribution is -2.17. The quantitative estimate of drug-likeness (QED) is 0.301. The van der Waals surface area contributed by atoms with E-state index in [9.17, 15) is 14.7 Å². The molecule has 0 aliphatic heterocycles. The largest absolute Gasteiger partial charge is 0.392 e. The van der Waals surface area contributed by atoms with E-state index < -0.39 is 11.8 Å². The van der Waals surface area contributed by atoms with Gasteiger partial charge in [0, 0.05) is 30.7 Å². The molecule has 184 valence electrons.